The van der Waals surface area contributed by atoms with E-state index >= 15 is 0 Å². The molecule has 6 aromatic rings. The summed E-state index contributed by atoms with van der Waals surface area (Å²) in [5, 5.41) is 42.4. The van der Waals surface area contributed by atoms with E-state index in [1.807, 2.05) is 0 Å². The van der Waals surface area contributed by atoms with Crippen LogP contribution in [0.5, 0.6) is 23.0 Å². The fourth-order valence-electron chi connectivity index (χ4n) is 7.10. The van der Waals surface area contributed by atoms with Crippen LogP contribution in [0.15, 0.2) is 143 Å². The van der Waals surface area contributed by atoms with Gasteiger partial charge in [-0.15, -0.1) is 0 Å². The molecule has 0 saturated carbocycles. The van der Waals surface area contributed by atoms with Crippen LogP contribution in [-0.4, -0.2) is 37.3 Å². The SMILES string of the molecule is O=S1(=O)OC(c2ccc(O)cc2)(c2ccc(O)c(Cc3cc(C4(c5ccc(O)cc5)OS(=O)(=O)c5ccccc54)ccc3O)c2)c2ccccc21. The van der Waals surface area contributed by atoms with Gasteiger partial charge in [-0.1, -0.05) is 72.8 Å². The van der Waals surface area contributed by atoms with E-state index in [4.69, 9.17) is 8.37 Å². The van der Waals surface area contributed by atoms with Gasteiger partial charge in [-0.05, 0) is 94.0 Å². The molecule has 2 heterocycles. The van der Waals surface area contributed by atoms with Gasteiger partial charge in [-0.3, -0.25) is 0 Å². The van der Waals surface area contributed by atoms with Gasteiger partial charge in [0.15, 0.2) is 11.2 Å². The lowest BCUT2D eigenvalue weighted by Gasteiger charge is -2.30. The van der Waals surface area contributed by atoms with E-state index in [1.54, 1.807) is 84.9 Å². The summed E-state index contributed by atoms with van der Waals surface area (Å²) in [6.07, 6.45) is -0.0839. The Balaban J connectivity index is 1.29. The Morgan fingerprint density at radius 2 is 0.804 bits per heavy atom. The normalized spacial score (nSPS) is 21.2. The second kappa shape index (κ2) is 11.4. The smallest absolute Gasteiger partial charge is 0.298 e. The van der Waals surface area contributed by atoms with Gasteiger partial charge in [0.25, 0.3) is 20.2 Å². The third-order valence-corrected chi connectivity index (χ3v) is 12.2. The number of benzene rings is 6. The maximum atomic E-state index is 13.4. The monoisotopic (exact) mass is 720 g/mol. The molecule has 0 amide bonds. The zero-order valence-electron chi connectivity index (χ0n) is 26.5. The van der Waals surface area contributed by atoms with E-state index < -0.39 is 31.4 Å². The summed E-state index contributed by atoms with van der Waals surface area (Å²) < 4.78 is 65.6. The van der Waals surface area contributed by atoms with Crippen molar-refractivity contribution < 1.29 is 45.6 Å². The van der Waals surface area contributed by atoms with Gasteiger partial charge >= 0.3 is 0 Å². The number of phenolic OH excluding ortho intramolecular Hbond substituents is 4. The quantitative estimate of drug-likeness (QED) is 0.147. The largest absolute Gasteiger partial charge is 0.508 e. The highest BCUT2D eigenvalue weighted by Gasteiger charge is 2.52. The van der Waals surface area contributed by atoms with Gasteiger partial charge in [0.2, 0.25) is 0 Å². The average Bonchev–Trinajstić information content (AvgIpc) is 3.52. The van der Waals surface area contributed by atoms with Crippen molar-refractivity contribution in [3.63, 3.8) is 0 Å². The summed E-state index contributed by atoms with van der Waals surface area (Å²) in [5.41, 5.74) is -0.589. The van der Waals surface area contributed by atoms with Gasteiger partial charge in [0, 0.05) is 17.5 Å². The van der Waals surface area contributed by atoms with E-state index in [0.717, 1.165) is 0 Å². The molecule has 8 rings (SSSR count). The van der Waals surface area contributed by atoms with E-state index in [2.05, 4.69) is 0 Å². The van der Waals surface area contributed by atoms with Gasteiger partial charge in [0.1, 0.15) is 32.8 Å². The van der Waals surface area contributed by atoms with Crippen LogP contribution in [-0.2, 0) is 46.2 Å². The lowest BCUT2D eigenvalue weighted by Crippen LogP contribution is -2.30. The second-order valence-corrected chi connectivity index (χ2v) is 15.4. The Morgan fingerprint density at radius 1 is 0.451 bits per heavy atom. The van der Waals surface area contributed by atoms with E-state index in [1.165, 1.54) is 48.5 Å². The number of hydrogen-bond acceptors (Lipinski definition) is 10. The van der Waals surface area contributed by atoms with Crippen molar-refractivity contribution in [2.75, 3.05) is 0 Å². The summed E-state index contributed by atoms with van der Waals surface area (Å²) in [5.74, 6) is -0.373. The third kappa shape index (κ3) is 4.98. The third-order valence-electron chi connectivity index (χ3n) is 9.44. The first-order valence-corrected chi connectivity index (χ1v) is 18.5. The lowest BCUT2D eigenvalue weighted by molar-refractivity contribution is 0.179. The van der Waals surface area contributed by atoms with Crippen LogP contribution in [0, 0.1) is 0 Å². The summed E-state index contributed by atoms with van der Waals surface area (Å²) in [4.78, 5) is -0.0475. The Hall–Kier alpha value is -5.66. The van der Waals surface area contributed by atoms with Crippen LogP contribution in [0.2, 0.25) is 0 Å². The molecule has 0 aliphatic carbocycles. The Labute approximate surface area is 293 Å². The maximum Gasteiger partial charge on any atom is 0.298 e. The minimum absolute atomic E-state index is 0.0237. The van der Waals surface area contributed by atoms with Crippen LogP contribution in [0.25, 0.3) is 0 Å². The Kier molecular flexibility index (Phi) is 7.30. The number of hydrogen-bond donors (Lipinski definition) is 4. The zero-order chi connectivity index (χ0) is 35.8. The maximum absolute atomic E-state index is 13.4. The van der Waals surface area contributed by atoms with Crippen molar-refractivity contribution in [1.82, 2.24) is 0 Å². The number of fused-ring (bicyclic) bond motifs is 2. The van der Waals surface area contributed by atoms with Crippen LogP contribution >= 0.6 is 0 Å². The molecule has 4 N–H and O–H groups in total. The van der Waals surface area contributed by atoms with Crippen molar-refractivity contribution >= 4 is 20.2 Å². The number of phenols is 4. The van der Waals surface area contributed by atoms with Crippen LogP contribution in [0.3, 0.4) is 0 Å². The highest BCUT2D eigenvalue weighted by atomic mass is 32.2. The fourth-order valence-corrected chi connectivity index (χ4v) is 9.95. The molecule has 0 aromatic heterocycles. The molecule has 0 fully saturated rings. The topological polar surface area (TPSA) is 168 Å². The van der Waals surface area contributed by atoms with Crippen molar-refractivity contribution in [3.8, 4) is 23.0 Å². The first-order valence-electron chi connectivity index (χ1n) is 15.7. The lowest BCUT2D eigenvalue weighted by atomic mass is 9.78. The van der Waals surface area contributed by atoms with Crippen molar-refractivity contribution in [2.45, 2.75) is 27.4 Å². The van der Waals surface area contributed by atoms with Crippen molar-refractivity contribution in [1.29, 1.82) is 0 Å². The van der Waals surface area contributed by atoms with Crippen molar-refractivity contribution in [3.05, 3.63) is 178 Å². The fraction of sp³-hybridized carbons (Fsp3) is 0.0769. The van der Waals surface area contributed by atoms with E-state index in [0.29, 0.717) is 44.5 Å². The standard InChI is InChI=1S/C39H28O10S2/c40-30-15-9-26(10-16-30)38(32-5-1-3-7-36(32)50(44,45)48-38)28-13-19-34(42)24(22-28)21-25-23-29(14-20-35(25)43)39(27-11-17-31(41)18-12-27)33-6-2-4-8-37(33)51(46,47)49-39/h1-20,22-23,40-43H,21H2. The average molecular weight is 721 g/mol. The Morgan fingerprint density at radius 3 is 1.20 bits per heavy atom. The highest BCUT2D eigenvalue weighted by Crippen LogP contribution is 2.53. The zero-order valence-corrected chi connectivity index (χ0v) is 28.1. The molecule has 12 heteroatoms. The molecule has 0 saturated heterocycles. The van der Waals surface area contributed by atoms with Crippen LogP contribution < -0.4 is 0 Å². The Bertz CT molecular complexity index is 2400. The van der Waals surface area contributed by atoms with Crippen LogP contribution in [0.4, 0.5) is 0 Å². The first-order chi connectivity index (χ1) is 24.3. The molecule has 0 bridgehead atoms. The number of rotatable bonds is 6. The minimum atomic E-state index is -4.24. The molecule has 2 atom stereocenters. The van der Waals surface area contributed by atoms with Gasteiger partial charge in [-0.2, -0.15) is 16.8 Å². The summed E-state index contributed by atoms with van der Waals surface area (Å²) in [7, 11) is -8.47. The number of aromatic hydroxyl groups is 4. The molecule has 0 radical (unpaired) electrons. The van der Waals surface area contributed by atoms with E-state index in [-0.39, 0.29) is 39.2 Å². The summed E-state index contributed by atoms with van der Waals surface area (Å²) >= 11 is 0. The van der Waals surface area contributed by atoms with Crippen LogP contribution in [0.1, 0.15) is 44.5 Å². The summed E-state index contributed by atoms with van der Waals surface area (Å²) in [6.45, 7) is 0. The first kappa shape index (κ1) is 32.5. The molecule has 2 aliphatic rings. The highest BCUT2D eigenvalue weighted by molar-refractivity contribution is 7.87. The molecule has 256 valence electrons. The molecule has 6 aromatic carbocycles. The molecule has 10 nitrogen and oxygen atoms in total. The van der Waals surface area contributed by atoms with E-state index in [9.17, 15) is 37.3 Å². The molecular formula is C39H28O10S2. The molecule has 2 unspecified atom stereocenters. The molecular weight excluding hydrogens is 693 g/mol. The predicted octanol–water partition coefficient (Wildman–Crippen LogP) is 6.12. The minimum Gasteiger partial charge on any atom is -0.508 e. The summed E-state index contributed by atoms with van der Waals surface area (Å²) in [6, 6.07) is 33.8. The van der Waals surface area contributed by atoms with Gasteiger partial charge in [-0.25, -0.2) is 8.37 Å². The van der Waals surface area contributed by atoms with Gasteiger partial charge in [0.05, 0.1) is 0 Å². The molecule has 0 spiro atoms. The molecule has 51 heavy (non-hydrogen) atoms. The van der Waals surface area contributed by atoms with Crippen molar-refractivity contribution in [2.24, 2.45) is 0 Å². The van der Waals surface area contributed by atoms with Gasteiger partial charge < -0.3 is 20.4 Å². The second-order valence-electron chi connectivity index (χ2n) is 12.4. The molecule has 2 aliphatic heterocycles. The predicted molar refractivity (Wildman–Crippen MR) is 184 cm³/mol.